The third-order valence-electron chi connectivity index (χ3n) is 5.85. The van der Waals surface area contributed by atoms with E-state index in [1.165, 1.54) is 0 Å². The van der Waals surface area contributed by atoms with Crippen molar-refractivity contribution in [2.75, 3.05) is 25.5 Å². The largest absolute Gasteiger partial charge is 0.381 e. The maximum atomic E-state index is 13.1. The number of ether oxygens (including phenoxy) is 1. The monoisotopic (exact) mass is 414 g/mol. The number of nitrogens with one attached hydrogen (secondary N) is 3. The summed E-state index contributed by atoms with van der Waals surface area (Å²) in [6.45, 7) is 1.64. The summed E-state index contributed by atoms with van der Waals surface area (Å²) in [6.07, 6.45) is 3.09. The second kappa shape index (κ2) is 8.53. The highest BCUT2D eigenvalue weighted by molar-refractivity contribution is 6.25. The van der Waals surface area contributed by atoms with Crippen molar-refractivity contribution >= 4 is 29.3 Å². The summed E-state index contributed by atoms with van der Waals surface area (Å²) < 4.78 is 5.81. The van der Waals surface area contributed by atoms with Gasteiger partial charge in [-0.25, -0.2) is 0 Å². The van der Waals surface area contributed by atoms with E-state index in [-0.39, 0.29) is 36.5 Å². The Kier molecular flexibility index (Phi) is 5.83. The number of carbonyl (C=O) groups excluding carboxylic acids is 4. The normalized spacial score (nSPS) is 25.8. The first-order valence-corrected chi connectivity index (χ1v) is 10.4. The van der Waals surface area contributed by atoms with Crippen LogP contribution in [0.1, 0.15) is 52.8 Å². The lowest BCUT2D eigenvalue weighted by molar-refractivity contribution is -0.136. The SMILES string of the molecule is CNCCCO[C@H]1C[C@H](Nc2cccc3c2C(=O)N(C2CCC(=O)NC2=O)C3=O)C1. The van der Waals surface area contributed by atoms with Crippen LogP contribution in [-0.4, -0.2) is 66.9 Å². The van der Waals surface area contributed by atoms with Crippen molar-refractivity contribution in [3.63, 3.8) is 0 Å². The minimum atomic E-state index is -0.956. The highest BCUT2D eigenvalue weighted by atomic mass is 16.5. The summed E-state index contributed by atoms with van der Waals surface area (Å²) in [6, 6.07) is 4.31. The van der Waals surface area contributed by atoms with E-state index >= 15 is 0 Å². The van der Waals surface area contributed by atoms with Crippen LogP contribution in [0.25, 0.3) is 0 Å². The van der Waals surface area contributed by atoms with Crippen LogP contribution in [0.15, 0.2) is 18.2 Å². The van der Waals surface area contributed by atoms with Gasteiger partial charge in [-0.3, -0.25) is 29.4 Å². The van der Waals surface area contributed by atoms with E-state index in [1.807, 2.05) is 7.05 Å². The van der Waals surface area contributed by atoms with Crippen molar-refractivity contribution in [3.05, 3.63) is 29.3 Å². The number of nitrogens with zero attached hydrogens (tertiary/aromatic N) is 1. The lowest BCUT2D eigenvalue weighted by atomic mass is 9.88. The average molecular weight is 414 g/mol. The summed E-state index contributed by atoms with van der Waals surface area (Å²) in [4.78, 5) is 50.6. The predicted octanol–water partition coefficient (Wildman–Crippen LogP) is 0.657. The number of rotatable bonds is 8. The van der Waals surface area contributed by atoms with Gasteiger partial charge < -0.3 is 15.4 Å². The van der Waals surface area contributed by atoms with Gasteiger partial charge in [0.25, 0.3) is 11.8 Å². The summed E-state index contributed by atoms with van der Waals surface area (Å²) in [5.41, 5.74) is 1.18. The van der Waals surface area contributed by atoms with Crippen molar-refractivity contribution in [3.8, 4) is 0 Å². The quantitative estimate of drug-likeness (QED) is 0.423. The Bertz CT molecular complexity index is 880. The number of fused-ring (bicyclic) bond motifs is 1. The molecule has 30 heavy (non-hydrogen) atoms. The molecular weight excluding hydrogens is 388 g/mol. The Morgan fingerprint density at radius 1 is 1.17 bits per heavy atom. The highest BCUT2D eigenvalue weighted by Gasteiger charge is 2.46. The Labute approximate surface area is 174 Å². The van der Waals surface area contributed by atoms with Gasteiger partial charge in [-0.2, -0.15) is 0 Å². The van der Waals surface area contributed by atoms with Crippen molar-refractivity contribution in [1.29, 1.82) is 0 Å². The van der Waals surface area contributed by atoms with Crippen LogP contribution >= 0.6 is 0 Å². The van der Waals surface area contributed by atoms with Crippen molar-refractivity contribution < 1.29 is 23.9 Å². The van der Waals surface area contributed by atoms with E-state index in [4.69, 9.17) is 4.74 Å². The Morgan fingerprint density at radius 2 is 1.97 bits per heavy atom. The molecule has 1 aromatic carbocycles. The summed E-state index contributed by atoms with van der Waals surface area (Å²) in [7, 11) is 1.91. The van der Waals surface area contributed by atoms with Crippen molar-refractivity contribution in [1.82, 2.24) is 15.5 Å². The molecule has 3 N–H and O–H groups in total. The lowest BCUT2D eigenvalue weighted by Crippen LogP contribution is -2.54. The number of carbonyl (C=O) groups is 4. The molecule has 1 aliphatic carbocycles. The molecule has 0 bridgehead atoms. The molecule has 9 nitrogen and oxygen atoms in total. The van der Waals surface area contributed by atoms with Crippen LogP contribution in [0, 0.1) is 0 Å². The van der Waals surface area contributed by atoms with Gasteiger partial charge >= 0.3 is 0 Å². The molecule has 2 fully saturated rings. The maximum Gasteiger partial charge on any atom is 0.264 e. The van der Waals surface area contributed by atoms with Gasteiger partial charge in [0.15, 0.2) is 0 Å². The fraction of sp³-hybridized carbons (Fsp3) is 0.524. The molecule has 0 radical (unpaired) electrons. The zero-order chi connectivity index (χ0) is 21.3. The number of amides is 4. The molecule has 4 amide bonds. The van der Waals surface area contributed by atoms with Crippen molar-refractivity contribution in [2.45, 2.75) is 50.3 Å². The number of imide groups is 2. The number of hydrogen-bond acceptors (Lipinski definition) is 7. The fourth-order valence-electron chi connectivity index (χ4n) is 4.17. The third-order valence-corrected chi connectivity index (χ3v) is 5.85. The second-order valence-corrected chi connectivity index (χ2v) is 7.94. The first-order chi connectivity index (χ1) is 14.5. The highest BCUT2D eigenvalue weighted by Crippen LogP contribution is 2.35. The van der Waals surface area contributed by atoms with Crippen LogP contribution in [0.3, 0.4) is 0 Å². The molecule has 1 saturated heterocycles. The Morgan fingerprint density at radius 3 is 2.70 bits per heavy atom. The molecule has 3 aliphatic rings. The van der Waals surface area contributed by atoms with Crippen LogP contribution in [-0.2, 0) is 14.3 Å². The van der Waals surface area contributed by atoms with Gasteiger partial charge in [0.1, 0.15) is 6.04 Å². The smallest absolute Gasteiger partial charge is 0.264 e. The summed E-state index contributed by atoms with van der Waals surface area (Å²) >= 11 is 0. The van der Waals surface area contributed by atoms with Crippen molar-refractivity contribution in [2.24, 2.45) is 0 Å². The van der Waals surface area contributed by atoms with Gasteiger partial charge in [-0.15, -0.1) is 0 Å². The molecule has 9 heteroatoms. The third kappa shape index (κ3) is 3.82. The standard InChI is InChI=1S/C21H26N4O5/c1-22-8-3-9-30-13-10-12(11-13)23-15-5-2-4-14-18(15)21(29)25(20(14)28)16-6-7-17(26)24-19(16)27/h2,4-5,12-13,16,22-23H,3,6-11H2,1H3,(H,24,26,27)/t12-,13-,16?. The van der Waals surface area contributed by atoms with Crippen LogP contribution in [0.4, 0.5) is 5.69 Å². The molecule has 1 atom stereocenters. The molecule has 1 unspecified atom stereocenters. The first kappa shape index (κ1) is 20.5. The zero-order valence-electron chi connectivity index (χ0n) is 16.9. The molecule has 160 valence electrons. The average Bonchev–Trinajstić information content (AvgIpc) is 2.94. The van der Waals surface area contributed by atoms with Gasteiger partial charge in [-0.1, -0.05) is 6.07 Å². The van der Waals surface area contributed by atoms with Gasteiger partial charge in [0.2, 0.25) is 11.8 Å². The minimum absolute atomic E-state index is 0.104. The zero-order valence-corrected chi connectivity index (χ0v) is 16.9. The summed E-state index contributed by atoms with van der Waals surface area (Å²) in [5.74, 6) is -1.98. The maximum absolute atomic E-state index is 13.1. The topological polar surface area (TPSA) is 117 Å². The van der Waals surface area contributed by atoms with Gasteiger partial charge in [0.05, 0.1) is 17.2 Å². The molecule has 1 aromatic rings. The van der Waals surface area contributed by atoms with Gasteiger partial charge in [-0.05, 0) is 51.4 Å². The second-order valence-electron chi connectivity index (χ2n) is 7.94. The van der Waals surface area contributed by atoms with E-state index in [0.29, 0.717) is 17.9 Å². The van der Waals surface area contributed by atoms with E-state index in [0.717, 1.165) is 30.7 Å². The van der Waals surface area contributed by atoms with Gasteiger partial charge in [0, 0.05) is 24.8 Å². The van der Waals surface area contributed by atoms with Crippen LogP contribution in [0.5, 0.6) is 0 Å². The van der Waals surface area contributed by atoms with E-state index in [2.05, 4.69) is 16.0 Å². The Hall–Kier alpha value is -2.78. The fourth-order valence-corrected chi connectivity index (χ4v) is 4.17. The van der Waals surface area contributed by atoms with E-state index < -0.39 is 23.8 Å². The van der Waals surface area contributed by atoms with E-state index in [1.54, 1.807) is 18.2 Å². The molecule has 4 rings (SSSR count). The number of hydrogen-bond donors (Lipinski definition) is 3. The first-order valence-electron chi connectivity index (χ1n) is 10.4. The molecule has 0 spiro atoms. The molecule has 2 heterocycles. The number of anilines is 1. The van der Waals surface area contributed by atoms with Crippen LogP contribution in [0.2, 0.25) is 0 Å². The molecule has 0 aromatic heterocycles. The summed E-state index contributed by atoms with van der Waals surface area (Å²) in [5, 5.41) is 8.65. The Balaban J connectivity index is 1.42. The van der Waals surface area contributed by atoms with Crippen LogP contribution < -0.4 is 16.0 Å². The van der Waals surface area contributed by atoms with E-state index in [9.17, 15) is 19.2 Å². The molecule has 2 aliphatic heterocycles. The number of benzene rings is 1. The minimum Gasteiger partial charge on any atom is -0.381 e. The molecule has 1 saturated carbocycles. The lowest BCUT2D eigenvalue weighted by Gasteiger charge is -2.36. The molecular formula is C21H26N4O5. The number of piperidine rings is 1. The predicted molar refractivity (Wildman–Crippen MR) is 108 cm³/mol.